The number of carbonyl (C=O) groups excluding carboxylic acids is 2. The number of benzene rings is 2. The van der Waals surface area contributed by atoms with Gasteiger partial charge in [0.05, 0.1) is 12.4 Å². The van der Waals surface area contributed by atoms with Crippen LogP contribution in [0.3, 0.4) is 0 Å². The van der Waals surface area contributed by atoms with E-state index in [0.29, 0.717) is 23.5 Å². The maximum Gasteiger partial charge on any atom is 0.255 e. The number of anilines is 3. The molecule has 2 aromatic carbocycles. The average Bonchev–Trinajstić information content (AvgIpc) is 3.21. The van der Waals surface area contributed by atoms with Gasteiger partial charge in [-0.2, -0.15) is 0 Å². The van der Waals surface area contributed by atoms with E-state index in [2.05, 4.69) is 26.1 Å². The van der Waals surface area contributed by atoms with Crippen molar-refractivity contribution in [1.29, 1.82) is 0 Å². The Labute approximate surface area is 195 Å². The predicted octanol–water partition coefficient (Wildman–Crippen LogP) is 4.74. The number of ether oxygens (including phenoxy) is 1. The largest absolute Gasteiger partial charge is 0.494 e. The van der Waals surface area contributed by atoms with Crippen molar-refractivity contribution in [3.8, 4) is 5.75 Å². The second kappa shape index (κ2) is 11.5. The van der Waals surface area contributed by atoms with Crippen molar-refractivity contribution in [3.63, 3.8) is 0 Å². The summed E-state index contributed by atoms with van der Waals surface area (Å²) < 4.78 is 6.12. The summed E-state index contributed by atoms with van der Waals surface area (Å²) in [5.74, 6) is 0.582. The first-order valence-corrected chi connectivity index (χ1v) is 11.9. The molecule has 8 nitrogen and oxygen atoms in total. The zero-order valence-corrected chi connectivity index (χ0v) is 19.7. The minimum absolute atomic E-state index is 0.157. The molecule has 0 atom stereocenters. The van der Waals surface area contributed by atoms with Crippen LogP contribution in [0.5, 0.6) is 5.75 Å². The average molecular weight is 472 g/mol. The number of nitrogens with zero attached hydrogens (tertiary/aromatic N) is 2. The standard InChI is InChI=1S/C22H25N5O3S2/c1-4-30-18-11-9-17(10-12-18)25-20(29)15-5-7-16(8-6-15)24-19(28)13-31-22-27-26-21(32-22)23-14(2)3/h5-12,14H,4,13H2,1-3H3,(H,23,26)(H,24,28)(H,25,29). The monoisotopic (exact) mass is 471 g/mol. The van der Waals surface area contributed by atoms with Crippen LogP contribution in [0, 0.1) is 0 Å². The van der Waals surface area contributed by atoms with Crippen LogP contribution in [-0.4, -0.2) is 40.4 Å². The molecule has 0 saturated carbocycles. The van der Waals surface area contributed by atoms with Crippen molar-refractivity contribution in [1.82, 2.24) is 10.2 Å². The third kappa shape index (κ3) is 7.24. The van der Waals surface area contributed by atoms with Crippen molar-refractivity contribution >= 4 is 51.4 Å². The molecule has 0 aliphatic rings. The number of rotatable bonds is 10. The van der Waals surface area contributed by atoms with Crippen LogP contribution >= 0.6 is 23.1 Å². The fraction of sp³-hybridized carbons (Fsp3) is 0.273. The number of thioether (sulfide) groups is 1. The Morgan fingerprint density at radius 3 is 2.31 bits per heavy atom. The fourth-order valence-electron chi connectivity index (χ4n) is 2.61. The molecule has 2 amide bonds. The number of carbonyl (C=O) groups is 2. The third-order valence-electron chi connectivity index (χ3n) is 4.00. The van der Waals surface area contributed by atoms with Gasteiger partial charge in [0.25, 0.3) is 5.91 Å². The van der Waals surface area contributed by atoms with E-state index in [1.165, 1.54) is 23.1 Å². The molecular formula is C22H25N5O3S2. The van der Waals surface area contributed by atoms with E-state index in [0.717, 1.165) is 15.2 Å². The van der Waals surface area contributed by atoms with Gasteiger partial charge in [-0.1, -0.05) is 23.1 Å². The molecule has 0 fully saturated rings. The summed E-state index contributed by atoms with van der Waals surface area (Å²) in [4.78, 5) is 24.7. The highest BCUT2D eigenvalue weighted by molar-refractivity contribution is 8.01. The summed E-state index contributed by atoms with van der Waals surface area (Å²) >= 11 is 2.75. The first-order chi connectivity index (χ1) is 15.4. The fourth-order valence-corrected chi connectivity index (χ4v) is 4.31. The van der Waals surface area contributed by atoms with Crippen LogP contribution in [0.25, 0.3) is 0 Å². The van der Waals surface area contributed by atoms with Crippen molar-refractivity contribution in [2.75, 3.05) is 28.3 Å². The van der Waals surface area contributed by atoms with Crippen LogP contribution in [0.15, 0.2) is 52.9 Å². The molecule has 0 aliphatic carbocycles. The Kier molecular flexibility index (Phi) is 8.46. The van der Waals surface area contributed by atoms with Crippen LogP contribution in [-0.2, 0) is 4.79 Å². The summed E-state index contributed by atoms with van der Waals surface area (Å²) in [6, 6.07) is 14.2. The topological polar surface area (TPSA) is 105 Å². The molecule has 0 radical (unpaired) electrons. The van der Waals surface area contributed by atoms with Gasteiger partial charge >= 0.3 is 0 Å². The molecule has 0 bridgehead atoms. The molecule has 3 aromatic rings. The van der Waals surface area contributed by atoms with E-state index < -0.39 is 0 Å². The second-order valence-electron chi connectivity index (χ2n) is 7.00. The van der Waals surface area contributed by atoms with Gasteiger partial charge in [0.1, 0.15) is 5.75 Å². The van der Waals surface area contributed by atoms with Gasteiger partial charge in [-0.05, 0) is 69.3 Å². The highest BCUT2D eigenvalue weighted by Crippen LogP contribution is 2.26. The SMILES string of the molecule is CCOc1ccc(NC(=O)c2ccc(NC(=O)CSc3nnc(NC(C)C)s3)cc2)cc1. The number of hydrogen-bond acceptors (Lipinski definition) is 8. The summed E-state index contributed by atoms with van der Waals surface area (Å²) in [6.45, 7) is 6.56. The number of amides is 2. The van der Waals surface area contributed by atoms with Crippen molar-refractivity contribution < 1.29 is 14.3 Å². The molecule has 168 valence electrons. The highest BCUT2D eigenvalue weighted by atomic mass is 32.2. The van der Waals surface area contributed by atoms with Crippen molar-refractivity contribution in [3.05, 3.63) is 54.1 Å². The summed E-state index contributed by atoms with van der Waals surface area (Å²) in [5, 5.41) is 17.7. The van der Waals surface area contributed by atoms with Gasteiger partial charge in [0.2, 0.25) is 11.0 Å². The van der Waals surface area contributed by atoms with Gasteiger partial charge in [0, 0.05) is 23.0 Å². The highest BCUT2D eigenvalue weighted by Gasteiger charge is 2.10. The minimum Gasteiger partial charge on any atom is -0.494 e. The Balaban J connectivity index is 1.47. The Hall–Kier alpha value is -3.11. The molecule has 1 aromatic heterocycles. The maximum atomic E-state index is 12.4. The molecular weight excluding hydrogens is 446 g/mol. The molecule has 0 spiro atoms. The van der Waals surface area contributed by atoms with Gasteiger partial charge in [-0.15, -0.1) is 10.2 Å². The Morgan fingerprint density at radius 2 is 1.66 bits per heavy atom. The van der Waals surface area contributed by atoms with Gasteiger partial charge < -0.3 is 20.7 Å². The molecule has 3 N–H and O–H groups in total. The van der Waals surface area contributed by atoms with E-state index in [1.54, 1.807) is 48.5 Å². The smallest absolute Gasteiger partial charge is 0.255 e. The predicted molar refractivity (Wildman–Crippen MR) is 130 cm³/mol. The zero-order valence-electron chi connectivity index (χ0n) is 18.0. The minimum atomic E-state index is -0.232. The molecule has 1 heterocycles. The summed E-state index contributed by atoms with van der Waals surface area (Å²) in [7, 11) is 0. The summed E-state index contributed by atoms with van der Waals surface area (Å²) in [6.07, 6.45) is 0. The third-order valence-corrected chi connectivity index (χ3v) is 5.99. The first kappa shape index (κ1) is 23.6. The molecule has 0 unspecified atom stereocenters. The lowest BCUT2D eigenvalue weighted by atomic mass is 10.2. The molecule has 10 heteroatoms. The molecule has 0 saturated heterocycles. The maximum absolute atomic E-state index is 12.4. The van der Waals surface area contributed by atoms with Crippen LogP contribution in [0.2, 0.25) is 0 Å². The quantitative estimate of drug-likeness (QED) is 0.367. The van der Waals surface area contributed by atoms with E-state index >= 15 is 0 Å². The number of hydrogen-bond donors (Lipinski definition) is 3. The van der Waals surface area contributed by atoms with Crippen LogP contribution in [0.1, 0.15) is 31.1 Å². The number of aromatic nitrogens is 2. The van der Waals surface area contributed by atoms with Gasteiger partial charge in [0.15, 0.2) is 4.34 Å². The van der Waals surface area contributed by atoms with E-state index in [1.807, 2.05) is 20.8 Å². The molecule has 0 aliphatic heterocycles. The Bertz CT molecular complexity index is 1040. The normalized spacial score (nSPS) is 10.6. The molecule has 32 heavy (non-hydrogen) atoms. The number of nitrogens with one attached hydrogen (secondary N) is 3. The summed E-state index contributed by atoms with van der Waals surface area (Å²) in [5.41, 5.74) is 1.79. The Morgan fingerprint density at radius 1 is 1.00 bits per heavy atom. The van der Waals surface area contributed by atoms with E-state index in [-0.39, 0.29) is 23.6 Å². The van der Waals surface area contributed by atoms with Crippen molar-refractivity contribution in [2.24, 2.45) is 0 Å². The zero-order chi connectivity index (χ0) is 22.9. The van der Waals surface area contributed by atoms with Crippen molar-refractivity contribution in [2.45, 2.75) is 31.2 Å². The molecule has 3 rings (SSSR count). The van der Waals surface area contributed by atoms with E-state index in [4.69, 9.17) is 4.74 Å². The second-order valence-corrected chi connectivity index (χ2v) is 9.20. The van der Waals surface area contributed by atoms with Crippen LogP contribution in [0.4, 0.5) is 16.5 Å². The van der Waals surface area contributed by atoms with E-state index in [9.17, 15) is 9.59 Å². The lowest BCUT2D eigenvalue weighted by Gasteiger charge is -2.08. The van der Waals surface area contributed by atoms with Crippen LogP contribution < -0.4 is 20.7 Å². The lowest BCUT2D eigenvalue weighted by molar-refractivity contribution is -0.113. The van der Waals surface area contributed by atoms with Gasteiger partial charge in [-0.3, -0.25) is 9.59 Å². The van der Waals surface area contributed by atoms with Gasteiger partial charge in [-0.25, -0.2) is 0 Å². The lowest BCUT2D eigenvalue weighted by Crippen LogP contribution is -2.15. The first-order valence-electron chi connectivity index (χ1n) is 10.1.